The normalized spacial score (nSPS) is 25.1. The Morgan fingerprint density at radius 3 is 2.73 bits per heavy atom. The second kappa shape index (κ2) is 6.94. The quantitative estimate of drug-likeness (QED) is 0.912. The Hall–Kier alpha value is -2.63. The van der Waals surface area contributed by atoms with Crippen molar-refractivity contribution >= 4 is 11.9 Å². The van der Waals surface area contributed by atoms with Gasteiger partial charge in [0.25, 0.3) is 0 Å². The first-order valence-corrected chi connectivity index (χ1v) is 9.17. The van der Waals surface area contributed by atoms with Gasteiger partial charge in [0, 0.05) is 11.6 Å². The van der Waals surface area contributed by atoms with Gasteiger partial charge in [-0.25, -0.2) is 9.78 Å². The van der Waals surface area contributed by atoms with Gasteiger partial charge in [0.2, 0.25) is 11.8 Å². The predicted molar refractivity (Wildman–Crippen MR) is 94.3 cm³/mol. The van der Waals surface area contributed by atoms with Gasteiger partial charge in [-0.1, -0.05) is 31.0 Å². The molecule has 1 N–H and O–H groups in total. The maximum atomic E-state index is 12.9. The van der Waals surface area contributed by atoms with Crippen LogP contribution < -0.4 is 0 Å². The molecule has 3 atom stereocenters. The summed E-state index contributed by atoms with van der Waals surface area (Å²) in [4.78, 5) is 30.6. The number of aromatic nitrogens is 1. The Morgan fingerprint density at radius 2 is 1.96 bits per heavy atom. The van der Waals surface area contributed by atoms with Crippen LogP contribution in [-0.2, 0) is 16.0 Å². The summed E-state index contributed by atoms with van der Waals surface area (Å²) >= 11 is 0. The fourth-order valence-corrected chi connectivity index (χ4v) is 4.39. The number of nitrogens with zero attached hydrogens (tertiary/aromatic N) is 2. The lowest BCUT2D eigenvalue weighted by Gasteiger charge is -2.32. The number of rotatable bonds is 4. The zero-order valence-corrected chi connectivity index (χ0v) is 14.5. The summed E-state index contributed by atoms with van der Waals surface area (Å²) in [5.41, 5.74) is 1.39. The van der Waals surface area contributed by atoms with Crippen molar-refractivity contribution < 1.29 is 19.1 Å². The molecule has 2 heterocycles. The van der Waals surface area contributed by atoms with Crippen molar-refractivity contribution in [2.75, 3.05) is 0 Å². The maximum Gasteiger partial charge on any atom is 0.326 e. The first-order valence-electron chi connectivity index (χ1n) is 9.17. The second-order valence-electron chi connectivity index (χ2n) is 7.19. The molecule has 26 heavy (non-hydrogen) atoms. The fraction of sp³-hybridized carbons (Fsp3) is 0.450. The number of hydrogen-bond acceptors (Lipinski definition) is 4. The molecule has 4 rings (SSSR count). The van der Waals surface area contributed by atoms with Gasteiger partial charge >= 0.3 is 5.97 Å². The number of carbonyl (C=O) groups excluding carboxylic acids is 1. The molecule has 1 saturated carbocycles. The Labute approximate surface area is 151 Å². The summed E-state index contributed by atoms with van der Waals surface area (Å²) in [6, 6.07) is 8.84. The number of oxazole rings is 1. The largest absolute Gasteiger partial charge is 0.480 e. The van der Waals surface area contributed by atoms with E-state index in [0.29, 0.717) is 23.9 Å². The highest BCUT2D eigenvalue weighted by Crippen LogP contribution is 2.40. The summed E-state index contributed by atoms with van der Waals surface area (Å²) in [5, 5.41) is 9.57. The van der Waals surface area contributed by atoms with Crippen LogP contribution in [0.1, 0.15) is 37.8 Å². The van der Waals surface area contributed by atoms with E-state index in [1.54, 1.807) is 4.90 Å². The van der Waals surface area contributed by atoms with E-state index in [4.69, 9.17) is 4.42 Å². The third-order valence-electron chi connectivity index (χ3n) is 5.57. The highest BCUT2D eigenvalue weighted by Gasteiger charge is 2.47. The molecule has 2 aromatic rings. The maximum absolute atomic E-state index is 12.9. The van der Waals surface area contributed by atoms with Crippen LogP contribution in [0.25, 0.3) is 11.5 Å². The molecule has 1 amide bonds. The smallest absolute Gasteiger partial charge is 0.326 e. The van der Waals surface area contributed by atoms with Gasteiger partial charge in [-0.2, -0.15) is 0 Å². The predicted octanol–water partition coefficient (Wildman–Crippen LogP) is 3.13. The van der Waals surface area contributed by atoms with E-state index >= 15 is 0 Å². The Kier molecular flexibility index (Phi) is 4.49. The molecule has 0 unspecified atom stereocenters. The van der Waals surface area contributed by atoms with Crippen LogP contribution in [-0.4, -0.2) is 39.0 Å². The van der Waals surface area contributed by atoms with Crippen molar-refractivity contribution in [3.63, 3.8) is 0 Å². The fourth-order valence-electron chi connectivity index (χ4n) is 4.39. The lowest BCUT2D eigenvalue weighted by atomic mass is 9.84. The summed E-state index contributed by atoms with van der Waals surface area (Å²) < 4.78 is 5.50. The number of amides is 1. The number of carboxylic acids is 1. The topological polar surface area (TPSA) is 83.6 Å². The number of likely N-dealkylation sites (tertiary alicyclic amines) is 1. The number of aliphatic carboxylic acids is 1. The highest BCUT2D eigenvalue weighted by molar-refractivity contribution is 5.86. The van der Waals surface area contributed by atoms with E-state index < -0.39 is 12.0 Å². The van der Waals surface area contributed by atoms with Gasteiger partial charge in [-0.15, -0.1) is 0 Å². The lowest BCUT2D eigenvalue weighted by Crippen LogP contribution is -2.46. The van der Waals surface area contributed by atoms with E-state index in [9.17, 15) is 14.7 Å². The molecule has 6 heteroatoms. The van der Waals surface area contributed by atoms with E-state index in [2.05, 4.69) is 4.98 Å². The third-order valence-corrected chi connectivity index (χ3v) is 5.57. The van der Waals surface area contributed by atoms with E-state index in [1.807, 2.05) is 30.3 Å². The van der Waals surface area contributed by atoms with Gasteiger partial charge in [-0.05, 0) is 37.3 Å². The molecule has 1 aromatic carbocycles. The first kappa shape index (κ1) is 16.8. The first-order chi connectivity index (χ1) is 12.6. The molecule has 1 aliphatic heterocycles. The van der Waals surface area contributed by atoms with Gasteiger partial charge in [0.15, 0.2) is 0 Å². The minimum atomic E-state index is -0.905. The molecule has 0 radical (unpaired) electrons. The molecule has 1 aromatic heterocycles. The number of carbonyl (C=O) groups is 2. The zero-order valence-electron chi connectivity index (χ0n) is 14.5. The monoisotopic (exact) mass is 354 g/mol. The molecule has 2 fully saturated rings. The molecule has 1 aliphatic carbocycles. The summed E-state index contributed by atoms with van der Waals surface area (Å²) in [7, 11) is 0. The van der Waals surface area contributed by atoms with Gasteiger partial charge in [-0.3, -0.25) is 4.79 Å². The van der Waals surface area contributed by atoms with Gasteiger partial charge in [0.05, 0.1) is 12.1 Å². The van der Waals surface area contributed by atoms with Crippen LogP contribution in [0.2, 0.25) is 0 Å². The van der Waals surface area contributed by atoms with Crippen LogP contribution in [0.4, 0.5) is 0 Å². The highest BCUT2D eigenvalue weighted by atomic mass is 16.4. The summed E-state index contributed by atoms with van der Waals surface area (Å²) in [6.45, 7) is 0. The summed E-state index contributed by atoms with van der Waals surface area (Å²) in [6.07, 6.45) is 6.22. The van der Waals surface area contributed by atoms with Crippen LogP contribution in [0, 0.1) is 5.92 Å². The Morgan fingerprint density at radius 1 is 1.19 bits per heavy atom. The number of benzene rings is 1. The average molecular weight is 354 g/mol. The van der Waals surface area contributed by atoms with E-state index in [0.717, 1.165) is 31.2 Å². The lowest BCUT2D eigenvalue weighted by molar-refractivity contribution is -0.149. The van der Waals surface area contributed by atoms with Crippen LogP contribution in [0.15, 0.2) is 41.0 Å². The molecule has 0 spiro atoms. The zero-order chi connectivity index (χ0) is 18.1. The van der Waals surface area contributed by atoms with Crippen LogP contribution in [0.5, 0.6) is 0 Å². The number of carboxylic acid groups (broad SMARTS) is 1. The van der Waals surface area contributed by atoms with Crippen molar-refractivity contribution in [2.45, 2.75) is 50.6 Å². The molecule has 6 nitrogen and oxygen atoms in total. The van der Waals surface area contributed by atoms with Crippen molar-refractivity contribution in [2.24, 2.45) is 5.92 Å². The van der Waals surface area contributed by atoms with Crippen molar-refractivity contribution in [3.8, 4) is 11.5 Å². The minimum Gasteiger partial charge on any atom is -0.480 e. The molecule has 1 saturated heterocycles. The molecule has 0 bridgehead atoms. The number of hydrogen-bond donors (Lipinski definition) is 1. The minimum absolute atomic E-state index is 0.0536. The van der Waals surface area contributed by atoms with Crippen molar-refractivity contribution in [3.05, 3.63) is 42.3 Å². The van der Waals surface area contributed by atoms with Crippen LogP contribution in [0.3, 0.4) is 0 Å². The van der Waals surface area contributed by atoms with Gasteiger partial charge in [0.1, 0.15) is 12.3 Å². The molecule has 136 valence electrons. The molecular weight excluding hydrogens is 332 g/mol. The summed E-state index contributed by atoms with van der Waals surface area (Å²) in [5.74, 6) is -0.288. The van der Waals surface area contributed by atoms with Crippen molar-refractivity contribution in [1.82, 2.24) is 9.88 Å². The van der Waals surface area contributed by atoms with E-state index in [1.165, 1.54) is 6.26 Å². The third kappa shape index (κ3) is 3.11. The van der Waals surface area contributed by atoms with Crippen molar-refractivity contribution in [1.29, 1.82) is 0 Å². The molecule has 2 aliphatic rings. The van der Waals surface area contributed by atoms with Crippen LogP contribution >= 0.6 is 0 Å². The standard InChI is InChI=1S/C20H22N2O4/c23-18(11-15-12-26-19(21-15)13-6-2-1-3-7-13)22-16-9-5-4-8-14(16)10-17(22)20(24)25/h1-3,6-7,12,14,16-17H,4-5,8-11H2,(H,24,25)/t14-,16-,17-/m0/s1. The second-order valence-corrected chi connectivity index (χ2v) is 7.19. The van der Waals surface area contributed by atoms with E-state index in [-0.39, 0.29) is 18.4 Å². The average Bonchev–Trinajstić information content (AvgIpc) is 3.27. The molecular formula is C20H22N2O4. The SMILES string of the molecule is O=C(O)[C@@H]1C[C@@H]2CCCC[C@@H]2N1C(=O)Cc1coc(-c2ccccc2)n1. The Balaban J connectivity index is 1.52. The Bertz CT molecular complexity index is 801. The number of fused-ring (bicyclic) bond motifs is 1. The van der Waals surface area contributed by atoms with Gasteiger partial charge < -0.3 is 14.4 Å².